The van der Waals surface area contributed by atoms with Crippen molar-refractivity contribution in [3.05, 3.63) is 35.4 Å². The zero-order valence-corrected chi connectivity index (χ0v) is 9.96. The van der Waals surface area contributed by atoms with E-state index in [4.69, 9.17) is 0 Å². The predicted octanol–water partition coefficient (Wildman–Crippen LogP) is 2.18. The molecule has 0 radical (unpaired) electrons. The third kappa shape index (κ3) is 3.23. The van der Waals surface area contributed by atoms with Crippen molar-refractivity contribution >= 4 is 5.97 Å². The summed E-state index contributed by atoms with van der Waals surface area (Å²) in [4.78, 5) is 11.2. The molecule has 0 spiro atoms. The Labute approximate surface area is 98.8 Å². The number of ether oxygens (including phenoxy) is 1. The number of rotatable bonds is 4. The van der Waals surface area contributed by atoms with Gasteiger partial charge in [-0.25, -0.2) is 8.78 Å². The third-order valence-corrected chi connectivity index (χ3v) is 2.49. The van der Waals surface area contributed by atoms with Crippen molar-refractivity contribution in [1.29, 1.82) is 0 Å². The van der Waals surface area contributed by atoms with E-state index in [2.05, 4.69) is 10.1 Å². The van der Waals surface area contributed by atoms with Crippen LogP contribution in [0.15, 0.2) is 18.2 Å². The minimum Gasteiger partial charge on any atom is -0.468 e. The van der Waals surface area contributed by atoms with Crippen LogP contribution in [0, 0.1) is 11.6 Å². The van der Waals surface area contributed by atoms with Crippen LogP contribution in [0.25, 0.3) is 0 Å². The first-order valence-corrected chi connectivity index (χ1v) is 5.25. The molecule has 0 heterocycles. The normalized spacial score (nSPS) is 14.2. The molecule has 0 fully saturated rings. The van der Waals surface area contributed by atoms with E-state index in [9.17, 15) is 13.6 Å². The van der Waals surface area contributed by atoms with Crippen molar-refractivity contribution in [3.63, 3.8) is 0 Å². The lowest BCUT2D eigenvalue weighted by atomic mass is 10.1. The number of halogens is 2. The highest BCUT2D eigenvalue weighted by Gasteiger charge is 2.20. The van der Waals surface area contributed by atoms with Gasteiger partial charge in [0.1, 0.15) is 17.7 Å². The number of carbonyl (C=O) groups excluding carboxylic acids is 1. The van der Waals surface area contributed by atoms with Gasteiger partial charge < -0.3 is 4.74 Å². The Morgan fingerprint density at radius 1 is 1.29 bits per heavy atom. The minimum atomic E-state index is -0.637. The Hall–Kier alpha value is -1.49. The molecule has 0 aliphatic rings. The minimum absolute atomic E-state index is 0.0803. The van der Waals surface area contributed by atoms with E-state index in [1.165, 1.54) is 25.3 Å². The van der Waals surface area contributed by atoms with Gasteiger partial charge in [0.2, 0.25) is 0 Å². The molecule has 0 aliphatic carbocycles. The first-order chi connectivity index (χ1) is 7.97. The van der Waals surface area contributed by atoms with Crippen molar-refractivity contribution in [3.8, 4) is 0 Å². The highest BCUT2D eigenvalue weighted by molar-refractivity contribution is 5.75. The van der Waals surface area contributed by atoms with E-state index in [1.54, 1.807) is 13.8 Å². The maximum Gasteiger partial charge on any atom is 0.322 e. The van der Waals surface area contributed by atoms with E-state index >= 15 is 0 Å². The molecule has 0 saturated heterocycles. The number of esters is 1. The Kier molecular flexibility index (Phi) is 4.57. The zero-order valence-electron chi connectivity index (χ0n) is 9.96. The quantitative estimate of drug-likeness (QED) is 0.824. The molecule has 0 aromatic heterocycles. The predicted molar refractivity (Wildman–Crippen MR) is 59.4 cm³/mol. The smallest absolute Gasteiger partial charge is 0.322 e. The fraction of sp³-hybridized carbons (Fsp3) is 0.417. The van der Waals surface area contributed by atoms with Crippen LogP contribution in [0.5, 0.6) is 0 Å². The molecule has 2 atom stereocenters. The van der Waals surface area contributed by atoms with Crippen LogP contribution < -0.4 is 5.32 Å². The molecule has 94 valence electrons. The molecule has 17 heavy (non-hydrogen) atoms. The van der Waals surface area contributed by atoms with E-state index in [-0.39, 0.29) is 5.56 Å². The Balaban J connectivity index is 2.83. The van der Waals surface area contributed by atoms with Gasteiger partial charge in [-0.05, 0) is 26.0 Å². The molecule has 0 saturated carbocycles. The summed E-state index contributed by atoms with van der Waals surface area (Å²) >= 11 is 0. The summed E-state index contributed by atoms with van der Waals surface area (Å²) in [5, 5.41) is 2.77. The van der Waals surface area contributed by atoms with Crippen LogP contribution in [-0.2, 0) is 9.53 Å². The lowest BCUT2D eigenvalue weighted by Gasteiger charge is -2.19. The number of carbonyl (C=O) groups is 1. The average Bonchev–Trinajstić information content (AvgIpc) is 2.27. The molecule has 0 amide bonds. The van der Waals surface area contributed by atoms with Crippen LogP contribution in [0.3, 0.4) is 0 Å². The summed E-state index contributed by atoms with van der Waals surface area (Å²) in [6, 6.07) is 2.41. The van der Waals surface area contributed by atoms with Crippen LogP contribution in [-0.4, -0.2) is 19.1 Å². The van der Waals surface area contributed by atoms with Crippen molar-refractivity contribution in [1.82, 2.24) is 5.32 Å². The first-order valence-electron chi connectivity index (χ1n) is 5.25. The molecule has 1 rings (SSSR count). The van der Waals surface area contributed by atoms with E-state index in [0.717, 1.165) is 0 Å². The van der Waals surface area contributed by atoms with E-state index in [0.29, 0.717) is 0 Å². The summed E-state index contributed by atoms with van der Waals surface area (Å²) in [5.41, 5.74) is -0.0803. The maximum atomic E-state index is 13.4. The molecule has 1 aromatic rings. The fourth-order valence-electron chi connectivity index (χ4n) is 1.63. The molecular weight excluding hydrogens is 228 g/mol. The summed E-state index contributed by atoms with van der Waals surface area (Å²) in [7, 11) is 1.26. The Morgan fingerprint density at radius 2 is 1.82 bits per heavy atom. The molecule has 1 N–H and O–H groups in total. The summed E-state index contributed by atoms with van der Waals surface area (Å²) in [5.74, 6) is -1.75. The van der Waals surface area contributed by atoms with Crippen LogP contribution >= 0.6 is 0 Å². The highest BCUT2D eigenvalue weighted by Crippen LogP contribution is 2.20. The van der Waals surface area contributed by atoms with Crippen LogP contribution in [0.2, 0.25) is 0 Å². The molecule has 0 aliphatic heterocycles. The summed E-state index contributed by atoms with van der Waals surface area (Å²) in [6.45, 7) is 3.15. The summed E-state index contributed by atoms with van der Waals surface area (Å²) < 4.78 is 31.4. The van der Waals surface area contributed by atoms with Gasteiger partial charge in [0.15, 0.2) is 0 Å². The largest absolute Gasteiger partial charge is 0.468 e. The standard InChI is InChI=1S/C12H15F2NO2/c1-7(15-8(2)12(16)17-3)11-9(13)5-4-6-10(11)14/h4-8,15H,1-3H3. The van der Waals surface area contributed by atoms with Gasteiger partial charge in [0.05, 0.1) is 7.11 Å². The lowest BCUT2D eigenvalue weighted by Crippen LogP contribution is -2.37. The maximum absolute atomic E-state index is 13.4. The van der Waals surface area contributed by atoms with E-state index < -0.39 is 29.7 Å². The second-order valence-electron chi connectivity index (χ2n) is 3.77. The van der Waals surface area contributed by atoms with Gasteiger partial charge in [-0.15, -0.1) is 0 Å². The molecule has 0 bridgehead atoms. The number of nitrogens with one attached hydrogen (secondary N) is 1. The molecule has 1 aromatic carbocycles. The van der Waals surface area contributed by atoms with Crippen molar-refractivity contribution in [2.75, 3.05) is 7.11 Å². The molecule has 3 nitrogen and oxygen atoms in total. The second kappa shape index (κ2) is 5.72. The third-order valence-electron chi connectivity index (χ3n) is 2.49. The van der Waals surface area contributed by atoms with Crippen molar-refractivity contribution < 1.29 is 18.3 Å². The SMILES string of the molecule is COC(=O)C(C)NC(C)c1c(F)cccc1F. The Bertz CT molecular complexity index is 389. The highest BCUT2D eigenvalue weighted by atomic mass is 19.1. The zero-order chi connectivity index (χ0) is 13.0. The summed E-state index contributed by atoms with van der Waals surface area (Å²) in [6.07, 6.45) is 0. The lowest BCUT2D eigenvalue weighted by molar-refractivity contribution is -0.142. The number of benzene rings is 1. The van der Waals surface area contributed by atoms with Gasteiger partial charge >= 0.3 is 5.97 Å². The number of hydrogen-bond donors (Lipinski definition) is 1. The van der Waals surface area contributed by atoms with Crippen LogP contribution in [0.4, 0.5) is 8.78 Å². The van der Waals surface area contributed by atoms with Crippen LogP contribution in [0.1, 0.15) is 25.5 Å². The molecule has 5 heteroatoms. The number of hydrogen-bond acceptors (Lipinski definition) is 3. The Morgan fingerprint density at radius 3 is 2.29 bits per heavy atom. The molecule has 2 unspecified atom stereocenters. The van der Waals surface area contributed by atoms with Gasteiger partial charge in [0, 0.05) is 11.6 Å². The first kappa shape index (κ1) is 13.6. The van der Waals surface area contributed by atoms with E-state index in [1.807, 2.05) is 0 Å². The molecular formula is C12H15F2NO2. The number of methoxy groups -OCH3 is 1. The second-order valence-corrected chi connectivity index (χ2v) is 3.77. The van der Waals surface area contributed by atoms with Gasteiger partial charge in [0.25, 0.3) is 0 Å². The van der Waals surface area contributed by atoms with Crippen molar-refractivity contribution in [2.24, 2.45) is 0 Å². The van der Waals surface area contributed by atoms with Crippen molar-refractivity contribution in [2.45, 2.75) is 25.9 Å². The van der Waals surface area contributed by atoms with Gasteiger partial charge in [-0.3, -0.25) is 10.1 Å². The average molecular weight is 243 g/mol. The van der Waals surface area contributed by atoms with Gasteiger partial charge in [-0.2, -0.15) is 0 Å². The fourth-order valence-corrected chi connectivity index (χ4v) is 1.63. The monoisotopic (exact) mass is 243 g/mol. The van der Waals surface area contributed by atoms with Gasteiger partial charge in [-0.1, -0.05) is 6.07 Å². The topological polar surface area (TPSA) is 38.3 Å².